The van der Waals surface area contributed by atoms with Crippen LogP contribution in [0.5, 0.6) is 0 Å². The fourth-order valence-electron chi connectivity index (χ4n) is 2.91. The van der Waals surface area contributed by atoms with E-state index in [1.807, 2.05) is 0 Å². The standard InChI is InChI=1S/C14H20F2N2/c1-9-2-3-10(6-9)14(18-17)8-11-7-12(15)4-5-13(11)16/h4-5,7,9-10,14,18H,2-3,6,8,17H2,1H3. The molecule has 3 atom stereocenters. The predicted molar refractivity (Wildman–Crippen MR) is 67.7 cm³/mol. The fourth-order valence-corrected chi connectivity index (χ4v) is 2.91. The molecule has 18 heavy (non-hydrogen) atoms. The molecule has 0 aromatic heterocycles. The van der Waals surface area contributed by atoms with Crippen LogP contribution in [0.3, 0.4) is 0 Å². The second-order valence-corrected chi connectivity index (χ2v) is 5.39. The van der Waals surface area contributed by atoms with Crippen molar-refractivity contribution in [2.45, 2.75) is 38.6 Å². The third-order valence-corrected chi connectivity index (χ3v) is 3.97. The van der Waals surface area contributed by atoms with Gasteiger partial charge in [-0.2, -0.15) is 0 Å². The lowest BCUT2D eigenvalue weighted by atomic mass is 9.92. The van der Waals surface area contributed by atoms with E-state index in [1.54, 1.807) is 0 Å². The van der Waals surface area contributed by atoms with Gasteiger partial charge >= 0.3 is 0 Å². The van der Waals surface area contributed by atoms with Crippen molar-refractivity contribution >= 4 is 0 Å². The van der Waals surface area contributed by atoms with E-state index in [-0.39, 0.29) is 11.9 Å². The number of nitrogens with one attached hydrogen (secondary N) is 1. The van der Waals surface area contributed by atoms with E-state index in [9.17, 15) is 8.78 Å². The number of benzene rings is 1. The van der Waals surface area contributed by atoms with Gasteiger partial charge in [-0.1, -0.05) is 13.3 Å². The van der Waals surface area contributed by atoms with Crippen molar-refractivity contribution < 1.29 is 8.78 Å². The molecule has 3 unspecified atom stereocenters. The molecule has 2 rings (SSSR count). The van der Waals surface area contributed by atoms with Gasteiger partial charge in [0.25, 0.3) is 0 Å². The first-order valence-corrected chi connectivity index (χ1v) is 6.50. The van der Waals surface area contributed by atoms with Gasteiger partial charge in [-0.05, 0) is 54.9 Å². The summed E-state index contributed by atoms with van der Waals surface area (Å²) in [4.78, 5) is 0. The first-order valence-electron chi connectivity index (χ1n) is 6.50. The summed E-state index contributed by atoms with van der Waals surface area (Å²) in [6.45, 7) is 2.22. The Bertz CT molecular complexity index is 409. The van der Waals surface area contributed by atoms with Gasteiger partial charge in [0.1, 0.15) is 11.6 Å². The topological polar surface area (TPSA) is 38.0 Å². The fraction of sp³-hybridized carbons (Fsp3) is 0.571. The van der Waals surface area contributed by atoms with Crippen molar-refractivity contribution in [1.29, 1.82) is 0 Å². The molecule has 2 nitrogen and oxygen atoms in total. The molecule has 0 saturated heterocycles. The van der Waals surface area contributed by atoms with Gasteiger partial charge in [0.15, 0.2) is 0 Å². The number of nitrogens with two attached hydrogens (primary N) is 1. The SMILES string of the molecule is CC1CCC(C(Cc2cc(F)ccc2F)NN)C1. The van der Waals surface area contributed by atoms with Crippen LogP contribution in [0.1, 0.15) is 31.7 Å². The number of hydrogen-bond donors (Lipinski definition) is 2. The predicted octanol–water partition coefficient (Wildman–Crippen LogP) is 2.78. The van der Waals surface area contributed by atoms with Crippen LogP contribution >= 0.6 is 0 Å². The van der Waals surface area contributed by atoms with Gasteiger partial charge in [-0.3, -0.25) is 11.3 Å². The number of halogens is 2. The summed E-state index contributed by atoms with van der Waals surface area (Å²) in [6, 6.07) is 3.60. The molecule has 0 aliphatic heterocycles. The maximum Gasteiger partial charge on any atom is 0.126 e. The maximum absolute atomic E-state index is 13.6. The molecule has 100 valence electrons. The van der Waals surface area contributed by atoms with E-state index in [4.69, 9.17) is 5.84 Å². The second-order valence-electron chi connectivity index (χ2n) is 5.39. The normalized spacial score (nSPS) is 25.3. The number of hydrogen-bond acceptors (Lipinski definition) is 2. The lowest BCUT2D eigenvalue weighted by Crippen LogP contribution is -2.42. The summed E-state index contributed by atoms with van der Waals surface area (Å²) in [7, 11) is 0. The lowest BCUT2D eigenvalue weighted by Gasteiger charge is -2.23. The second kappa shape index (κ2) is 5.76. The molecule has 0 bridgehead atoms. The molecular formula is C14H20F2N2. The highest BCUT2D eigenvalue weighted by Crippen LogP contribution is 2.33. The van der Waals surface area contributed by atoms with E-state index in [0.717, 1.165) is 18.9 Å². The average molecular weight is 254 g/mol. The first-order chi connectivity index (χ1) is 8.60. The van der Waals surface area contributed by atoms with Crippen LogP contribution in [-0.4, -0.2) is 6.04 Å². The molecular weight excluding hydrogens is 234 g/mol. The minimum absolute atomic E-state index is 0.0197. The van der Waals surface area contributed by atoms with Crippen LogP contribution in [0.4, 0.5) is 8.78 Å². The van der Waals surface area contributed by atoms with Crippen molar-refractivity contribution in [2.75, 3.05) is 0 Å². The molecule has 3 N–H and O–H groups in total. The third kappa shape index (κ3) is 3.06. The minimum Gasteiger partial charge on any atom is -0.271 e. The van der Waals surface area contributed by atoms with Gasteiger partial charge in [0.2, 0.25) is 0 Å². The van der Waals surface area contributed by atoms with Crippen molar-refractivity contribution in [3.05, 3.63) is 35.4 Å². The molecule has 0 radical (unpaired) electrons. The zero-order chi connectivity index (χ0) is 13.1. The van der Waals surface area contributed by atoms with Crippen LogP contribution < -0.4 is 11.3 Å². The monoisotopic (exact) mass is 254 g/mol. The summed E-state index contributed by atoms with van der Waals surface area (Å²) in [6.07, 6.45) is 3.84. The summed E-state index contributed by atoms with van der Waals surface area (Å²) in [5, 5.41) is 0. The van der Waals surface area contributed by atoms with Crippen LogP contribution in [0.25, 0.3) is 0 Å². The third-order valence-electron chi connectivity index (χ3n) is 3.97. The van der Waals surface area contributed by atoms with Crippen molar-refractivity contribution in [1.82, 2.24) is 5.43 Å². The Balaban J connectivity index is 2.08. The number of rotatable bonds is 4. The van der Waals surface area contributed by atoms with E-state index in [0.29, 0.717) is 23.8 Å². The van der Waals surface area contributed by atoms with Crippen LogP contribution in [0, 0.1) is 23.5 Å². The first kappa shape index (κ1) is 13.4. The Kier molecular flexibility index (Phi) is 4.30. The molecule has 0 heterocycles. The Hall–Kier alpha value is -1.00. The smallest absolute Gasteiger partial charge is 0.126 e. The highest BCUT2D eigenvalue weighted by Gasteiger charge is 2.28. The van der Waals surface area contributed by atoms with E-state index in [1.165, 1.54) is 18.6 Å². The molecule has 1 saturated carbocycles. The molecule has 0 spiro atoms. The Morgan fingerprint density at radius 2 is 2.17 bits per heavy atom. The molecule has 1 aliphatic rings. The van der Waals surface area contributed by atoms with Crippen molar-refractivity contribution in [2.24, 2.45) is 17.7 Å². The van der Waals surface area contributed by atoms with Gasteiger partial charge in [-0.25, -0.2) is 8.78 Å². The molecule has 1 aromatic carbocycles. The maximum atomic E-state index is 13.6. The Labute approximate surface area is 107 Å². The highest BCUT2D eigenvalue weighted by atomic mass is 19.1. The van der Waals surface area contributed by atoms with Gasteiger partial charge < -0.3 is 0 Å². The molecule has 1 aromatic rings. The zero-order valence-electron chi connectivity index (χ0n) is 10.6. The zero-order valence-corrected chi connectivity index (χ0v) is 10.6. The summed E-state index contributed by atoms with van der Waals surface area (Å²) in [5.74, 6) is 5.96. The largest absolute Gasteiger partial charge is 0.271 e. The van der Waals surface area contributed by atoms with Gasteiger partial charge in [0, 0.05) is 6.04 Å². The van der Waals surface area contributed by atoms with Crippen molar-refractivity contribution in [3.63, 3.8) is 0 Å². The lowest BCUT2D eigenvalue weighted by molar-refractivity contribution is 0.349. The van der Waals surface area contributed by atoms with Crippen LogP contribution in [0.15, 0.2) is 18.2 Å². The average Bonchev–Trinajstić information content (AvgIpc) is 2.77. The Morgan fingerprint density at radius 3 is 2.78 bits per heavy atom. The molecule has 1 fully saturated rings. The number of hydrazine groups is 1. The van der Waals surface area contributed by atoms with Gasteiger partial charge in [-0.15, -0.1) is 0 Å². The summed E-state index contributed by atoms with van der Waals surface area (Å²) in [5.41, 5.74) is 3.17. The summed E-state index contributed by atoms with van der Waals surface area (Å²) >= 11 is 0. The molecule has 4 heteroatoms. The van der Waals surface area contributed by atoms with E-state index in [2.05, 4.69) is 12.3 Å². The molecule has 1 aliphatic carbocycles. The van der Waals surface area contributed by atoms with E-state index < -0.39 is 5.82 Å². The minimum atomic E-state index is -0.401. The Morgan fingerprint density at radius 1 is 1.39 bits per heavy atom. The van der Waals surface area contributed by atoms with Crippen LogP contribution in [0.2, 0.25) is 0 Å². The quantitative estimate of drug-likeness (QED) is 0.640. The molecule has 0 amide bonds. The van der Waals surface area contributed by atoms with Crippen molar-refractivity contribution in [3.8, 4) is 0 Å². The van der Waals surface area contributed by atoms with E-state index >= 15 is 0 Å². The highest BCUT2D eigenvalue weighted by molar-refractivity contribution is 5.20. The summed E-state index contributed by atoms with van der Waals surface area (Å²) < 4.78 is 26.7. The van der Waals surface area contributed by atoms with Gasteiger partial charge in [0.05, 0.1) is 0 Å². The van der Waals surface area contributed by atoms with Crippen LogP contribution in [-0.2, 0) is 6.42 Å².